The zero-order valence-electron chi connectivity index (χ0n) is 22.6. The van der Waals surface area contributed by atoms with Gasteiger partial charge in [-0.15, -0.1) is 0 Å². The molecule has 0 saturated carbocycles. The minimum absolute atomic E-state index is 0.0429. The van der Waals surface area contributed by atoms with E-state index in [0.717, 1.165) is 35.6 Å². The van der Waals surface area contributed by atoms with Crippen LogP contribution < -0.4 is 13.8 Å². The fourth-order valence-electron chi connectivity index (χ4n) is 3.81. The highest BCUT2D eigenvalue weighted by Crippen LogP contribution is 2.30. The van der Waals surface area contributed by atoms with Crippen molar-refractivity contribution in [3.05, 3.63) is 90.0 Å². The first-order valence-corrected chi connectivity index (χ1v) is 14.4. The topological polar surface area (TPSA) is 72.9 Å². The number of methoxy groups -OCH3 is 1. The number of aryl methyl sites for hydroxylation is 1. The Morgan fingerprint density at radius 2 is 1.68 bits per heavy atom. The number of ether oxygens (including phenoxy) is 2. The lowest BCUT2D eigenvalue weighted by Gasteiger charge is -2.21. The van der Waals surface area contributed by atoms with Crippen molar-refractivity contribution in [2.24, 2.45) is 5.92 Å². The summed E-state index contributed by atoms with van der Waals surface area (Å²) >= 11 is 0. The summed E-state index contributed by atoms with van der Waals surface area (Å²) in [5, 5.41) is 0. The zero-order chi connectivity index (χ0) is 27.5. The molecule has 0 fully saturated rings. The minimum Gasteiger partial charge on any atom is -0.493 e. The van der Waals surface area contributed by atoms with Crippen LogP contribution in [-0.2, 0) is 21.2 Å². The Labute approximate surface area is 227 Å². The molecule has 38 heavy (non-hydrogen) atoms. The molecule has 0 spiro atoms. The lowest BCUT2D eigenvalue weighted by atomic mass is 10.1. The van der Waals surface area contributed by atoms with Gasteiger partial charge >= 0.3 is 0 Å². The van der Waals surface area contributed by atoms with Crippen LogP contribution in [0.25, 0.3) is 6.08 Å². The van der Waals surface area contributed by atoms with E-state index in [1.165, 1.54) is 18.2 Å². The summed E-state index contributed by atoms with van der Waals surface area (Å²) in [6.07, 6.45) is 6.76. The monoisotopic (exact) mass is 535 g/mol. The summed E-state index contributed by atoms with van der Waals surface area (Å²) in [6, 6.07) is 20.4. The van der Waals surface area contributed by atoms with Crippen LogP contribution in [-0.4, -0.2) is 28.0 Å². The molecule has 0 atom stereocenters. The van der Waals surface area contributed by atoms with Gasteiger partial charge in [-0.1, -0.05) is 63.6 Å². The molecule has 0 aliphatic carbocycles. The van der Waals surface area contributed by atoms with E-state index < -0.39 is 15.9 Å². The Hall–Kier alpha value is -3.58. The molecule has 0 saturated heterocycles. The molecule has 3 aromatic carbocycles. The van der Waals surface area contributed by atoms with Crippen LogP contribution in [0.3, 0.4) is 0 Å². The van der Waals surface area contributed by atoms with Gasteiger partial charge in [-0.25, -0.2) is 8.42 Å². The quantitative estimate of drug-likeness (QED) is 0.223. The Morgan fingerprint density at radius 3 is 2.32 bits per heavy atom. The molecular weight excluding hydrogens is 498 g/mol. The predicted octanol–water partition coefficient (Wildman–Crippen LogP) is 6.90. The molecule has 0 heterocycles. The molecule has 0 bridgehead atoms. The highest BCUT2D eigenvalue weighted by atomic mass is 32.2. The van der Waals surface area contributed by atoms with Crippen LogP contribution in [0, 0.1) is 5.92 Å². The number of sulfonamides is 1. The Kier molecular flexibility index (Phi) is 10.5. The van der Waals surface area contributed by atoms with E-state index in [0.29, 0.717) is 29.6 Å². The first-order chi connectivity index (χ1) is 18.3. The number of hydrogen-bond acceptors (Lipinski definition) is 5. The predicted molar refractivity (Wildman–Crippen MR) is 153 cm³/mol. The highest BCUT2D eigenvalue weighted by Gasteiger charge is 2.29. The molecule has 0 aliphatic heterocycles. The number of unbranched alkanes of at least 4 members (excludes halogenated alkanes) is 1. The lowest BCUT2D eigenvalue weighted by Crippen LogP contribution is -2.35. The van der Waals surface area contributed by atoms with Crippen LogP contribution >= 0.6 is 0 Å². The number of rotatable bonds is 13. The van der Waals surface area contributed by atoms with Gasteiger partial charge in [-0.3, -0.25) is 4.79 Å². The van der Waals surface area contributed by atoms with Crippen LogP contribution in [0.4, 0.5) is 5.69 Å². The van der Waals surface area contributed by atoms with Crippen molar-refractivity contribution in [1.29, 1.82) is 0 Å². The van der Waals surface area contributed by atoms with E-state index >= 15 is 0 Å². The van der Waals surface area contributed by atoms with Gasteiger partial charge < -0.3 is 9.47 Å². The molecule has 6 nitrogen and oxygen atoms in total. The van der Waals surface area contributed by atoms with Crippen molar-refractivity contribution in [2.75, 3.05) is 18.0 Å². The normalized spacial score (nSPS) is 11.6. The van der Waals surface area contributed by atoms with Crippen LogP contribution in [0.1, 0.15) is 51.2 Å². The minimum atomic E-state index is -4.14. The first kappa shape index (κ1) is 29.0. The number of benzene rings is 3. The van der Waals surface area contributed by atoms with Gasteiger partial charge in [-0.05, 0) is 78.8 Å². The molecule has 0 unspecified atom stereocenters. The lowest BCUT2D eigenvalue weighted by molar-refractivity contribution is -0.113. The molecule has 1 amide bonds. The number of amides is 1. The smallest absolute Gasteiger partial charge is 0.271 e. The van der Waals surface area contributed by atoms with Crippen molar-refractivity contribution < 1.29 is 22.7 Å². The van der Waals surface area contributed by atoms with Crippen molar-refractivity contribution >= 4 is 27.7 Å². The molecule has 0 aromatic heterocycles. The van der Waals surface area contributed by atoms with Gasteiger partial charge in [0.05, 0.1) is 24.3 Å². The van der Waals surface area contributed by atoms with E-state index in [-0.39, 0.29) is 10.6 Å². The number of carbonyl (C=O) groups is 1. The van der Waals surface area contributed by atoms with E-state index in [4.69, 9.17) is 9.47 Å². The van der Waals surface area contributed by atoms with E-state index in [1.807, 2.05) is 12.1 Å². The molecule has 202 valence electrons. The molecule has 3 rings (SSSR count). The summed E-state index contributed by atoms with van der Waals surface area (Å²) in [5.41, 5.74) is 2.06. The third-order valence-electron chi connectivity index (χ3n) is 6.03. The van der Waals surface area contributed by atoms with Gasteiger partial charge in [0.2, 0.25) is 0 Å². The zero-order valence-corrected chi connectivity index (χ0v) is 23.4. The number of carbonyl (C=O) groups excluding carboxylic acids is 1. The Balaban J connectivity index is 1.90. The summed E-state index contributed by atoms with van der Waals surface area (Å²) in [5.74, 6) is 1.01. The van der Waals surface area contributed by atoms with Gasteiger partial charge in [0, 0.05) is 6.08 Å². The molecule has 0 aliphatic rings. The maximum atomic E-state index is 13.6. The van der Waals surface area contributed by atoms with Gasteiger partial charge in [0.25, 0.3) is 15.9 Å². The van der Waals surface area contributed by atoms with Gasteiger partial charge in [0.15, 0.2) is 11.5 Å². The van der Waals surface area contributed by atoms with Crippen LogP contribution in [0.5, 0.6) is 11.5 Å². The second kappa shape index (κ2) is 13.8. The van der Waals surface area contributed by atoms with Gasteiger partial charge in [-0.2, -0.15) is 4.31 Å². The molecule has 7 heteroatoms. The van der Waals surface area contributed by atoms with E-state index in [1.54, 1.807) is 61.7 Å². The summed E-state index contributed by atoms with van der Waals surface area (Å²) in [6.45, 7) is 6.96. The van der Waals surface area contributed by atoms with Crippen LogP contribution in [0.2, 0.25) is 0 Å². The Morgan fingerprint density at radius 1 is 0.974 bits per heavy atom. The SMILES string of the molecule is CCCCc1ccc(N(C(=O)/C=C/c2ccc(OCCC(C)C)c(OC)c2)S(=O)(=O)c2ccccc2)cc1. The molecule has 0 N–H and O–H groups in total. The second-order valence-electron chi connectivity index (χ2n) is 9.47. The highest BCUT2D eigenvalue weighted by molar-refractivity contribution is 7.93. The maximum absolute atomic E-state index is 13.6. The average Bonchev–Trinajstić information content (AvgIpc) is 2.92. The number of anilines is 1. The fraction of sp³-hybridized carbons (Fsp3) is 0.323. The standard InChI is InChI=1S/C31H37NO5S/c1-5-6-10-25-13-17-27(18-14-25)32(38(34,35)28-11-8-7-9-12-28)31(33)20-16-26-15-19-29(30(23-26)36-4)37-22-21-24(2)3/h7-9,11-20,23-24H,5-6,10,21-22H2,1-4H3/b20-16+. The Bertz CT molecular complexity index is 1320. The maximum Gasteiger partial charge on any atom is 0.271 e. The second-order valence-corrected chi connectivity index (χ2v) is 11.3. The average molecular weight is 536 g/mol. The molecule has 3 aromatic rings. The van der Waals surface area contributed by atoms with Gasteiger partial charge in [0.1, 0.15) is 0 Å². The van der Waals surface area contributed by atoms with E-state index in [9.17, 15) is 13.2 Å². The third-order valence-corrected chi connectivity index (χ3v) is 7.77. The largest absolute Gasteiger partial charge is 0.493 e. The van der Waals surface area contributed by atoms with Crippen molar-refractivity contribution in [3.63, 3.8) is 0 Å². The van der Waals surface area contributed by atoms with Crippen LogP contribution in [0.15, 0.2) is 83.8 Å². The molecule has 0 radical (unpaired) electrons. The fourth-order valence-corrected chi connectivity index (χ4v) is 5.22. The van der Waals surface area contributed by atoms with Crippen molar-refractivity contribution in [2.45, 2.75) is 51.3 Å². The summed E-state index contributed by atoms with van der Waals surface area (Å²) < 4.78 is 39.3. The molecular formula is C31H37NO5S. The summed E-state index contributed by atoms with van der Waals surface area (Å²) in [4.78, 5) is 13.5. The number of hydrogen-bond donors (Lipinski definition) is 0. The summed E-state index contributed by atoms with van der Waals surface area (Å²) in [7, 11) is -2.58. The van der Waals surface area contributed by atoms with Crippen molar-refractivity contribution in [3.8, 4) is 11.5 Å². The van der Waals surface area contributed by atoms with E-state index in [2.05, 4.69) is 20.8 Å². The number of nitrogens with zero attached hydrogens (tertiary/aromatic N) is 1. The van der Waals surface area contributed by atoms with Crippen molar-refractivity contribution in [1.82, 2.24) is 0 Å². The third kappa shape index (κ3) is 7.71. The first-order valence-electron chi connectivity index (χ1n) is 13.0.